The average Bonchev–Trinajstić information content (AvgIpc) is 2.78. The van der Waals surface area contributed by atoms with Crippen molar-refractivity contribution in [3.63, 3.8) is 0 Å². The van der Waals surface area contributed by atoms with Crippen LogP contribution >= 0.6 is 0 Å². The Bertz CT molecular complexity index is 1320. The maximum absolute atomic E-state index is 13.3. The van der Waals surface area contributed by atoms with Gasteiger partial charge in [-0.2, -0.15) is 0 Å². The summed E-state index contributed by atoms with van der Waals surface area (Å²) < 4.78 is 5.26. The minimum atomic E-state index is -0.521. The lowest BCUT2D eigenvalue weighted by molar-refractivity contribution is -0.384. The van der Waals surface area contributed by atoms with E-state index in [0.29, 0.717) is 27.9 Å². The van der Waals surface area contributed by atoms with Crippen molar-refractivity contribution in [3.05, 3.63) is 94.0 Å². The lowest BCUT2D eigenvalue weighted by Gasteiger charge is -2.13. The number of rotatable bonds is 5. The number of nitrogens with one attached hydrogen (secondary N) is 1. The van der Waals surface area contributed by atoms with E-state index < -0.39 is 10.8 Å². The molecule has 0 bridgehead atoms. The maximum atomic E-state index is 13.3. The summed E-state index contributed by atoms with van der Waals surface area (Å²) in [6.07, 6.45) is 0. The van der Waals surface area contributed by atoms with E-state index >= 15 is 0 Å². The molecule has 1 aromatic heterocycles. The molecule has 0 aliphatic rings. The first-order valence-electron chi connectivity index (χ1n) is 9.57. The number of aromatic nitrogens is 1. The van der Waals surface area contributed by atoms with Crippen LogP contribution in [0, 0.1) is 17.0 Å². The zero-order valence-electron chi connectivity index (χ0n) is 17.0. The summed E-state index contributed by atoms with van der Waals surface area (Å²) in [4.78, 5) is 28.7. The van der Waals surface area contributed by atoms with Crippen LogP contribution in [0.2, 0.25) is 0 Å². The monoisotopic (exact) mass is 413 g/mol. The number of pyridine rings is 1. The van der Waals surface area contributed by atoms with E-state index in [2.05, 4.69) is 5.32 Å². The Morgan fingerprint density at radius 3 is 2.52 bits per heavy atom. The number of amides is 1. The fraction of sp³-hybridized carbons (Fsp3) is 0.0833. The van der Waals surface area contributed by atoms with Crippen molar-refractivity contribution in [2.24, 2.45) is 0 Å². The lowest BCUT2D eigenvalue weighted by Crippen LogP contribution is -2.14. The highest BCUT2D eigenvalue weighted by Gasteiger charge is 2.18. The van der Waals surface area contributed by atoms with Gasteiger partial charge in [-0.3, -0.25) is 14.9 Å². The molecule has 0 spiro atoms. The van der Waals surface area contributed by atoms with E-state index in [1.54, 1.807) is 6.07 Å². The van der Waals surface area contributed by atoms with E-state index in [9.17, 15) is 14.9 Å². The first kappa shape index (κ1) is 20.0. The zero-order valence-corrected chi connectivity index (χ0v) is 17.0. The molecular formula is C24H19N3O4. The molecule has 154 valence electrons. The Balaban J connectivity index is 1.82. The molecule has 0 atom stereocenters. The van der Waals surface area contributed by atoms with Gasteiger partial charge in [-0.25, -0.2) is 4.98 Å². The van der Waals surface area contributed by atoms with Crippen LogP contribution < -0.4 is 10.1 Å². The number of non-ortho nitro benzene ring substituents is 1. The smallest absolute Gasteiger partial charge is 0.271 e. The van der Waals surface area contributed by atoms with E-state index in [1.807, 2.05) is 55.5 Å². The van der Waals surface area contributed by atoms with Crippen LogP contribution in [-0.4, -0.2) is 22.9 Å². The summed E-state index contributed by atoms with van der Waals surface area (Å²) in [5.41, 5.74) is 3.81. The molecule has 0 fully saturated rings. The molecular weight excluding hydrogens is 394 g/mol. The van der Waals surface area contributed by atoms with Crippen LogP contribution in [0.4, 0.5) is 11.4 Å². The summed E-state index contributed by atoms with van der Waals surface area (Å²) in [5, 5.41) is 14.6. The number of hydrogen-bond acceptors (Lipinski definition) is 5. The zero-order chi connectivity index (χ0) is 22.0. The van der Waals surface area contributed by atoms with Gasteiger partial charge < -0.3 is 10.1 Å². The number of para-hydroxylation sites is 1. The molecule has 0 radical (unpaired) electrons. The molecule has 7 nitrogen and oxygen atoms in total. The van der Waals surface area contributed by atoms with E-state index in [-0.39, 0.29) is 11.4 Å². The summed E-state index contributed by atoms with van der Waals surface area (Å²) in [7, 11) is 1.44. The highest BCUT2D eigenvalue weighted by atomic mass is 16.6. The van der Waals surface area contributed by atoms with Gasteiger partial charge in [-0.05, 0) is 30.7 Å². The molecule has 31 heavy (non-hydrogen) atoms. The molecule has 0 aliphatic heterocycles. The van der Waals surface area contributed by atoms with Gasteiger partial charge in [0.05, 0.1) is 34.5 Å². The quantitative estimate of drug-likeness (QED) is 0.350. The Labute approximate surface area is 178 Å². The number of benzene rings is 3. The number of carbonyl (C=O) groups is 1. The van der Waals surface area contributed by atoms with Crippen molar-refractivity contribution >= 4 is 28.2 Å². The number of nitrogens with zero attached hydrogens (tertiary/aromatic N) is 2. The maximum Gasteiger partial charge on any atom is 0.271 e. The molecule has 0 saturated carbocycles. The molecule has 1 heterocycles. The van der Waals surface area contributed by atoms with Crippen molar-refractivity contribution in [1.29, 1.82) is 0 Å². The van der Waals surface area contributed by atoms with Gasteiger partial charge >= 0.3 is 0 Å². The predicted octanol–water partition coefficient (Wildman–Crippen LogP) is 5.38. The van der Waals surface area contributed by atoms with E-state index in [4.69, 9.17) is 9.72 Å². The van der Waals surface area contributed by atoms with Crippen molar-refractivity contribution in [2.45, 2.75) is 6.92 Å². The topological polar surface area (TPSA) is 94.4 Å². The van der Waals surface area contributed by atoms with Crippen LogP contribution in [0.1, 0.15) is 15.9 Å². The first-order valence-corrected chi connectivity index (χ1v) is 9.57. The minimum Gasteiger partial charge on any atom is -0.495 e. The van der Waals surface area contributed by atoms with Gasteiger partial charge in [-0.1, -0.05) is 42.5 Å². The van der Waals surface area contributed by atoms with Crippen LogP contribution in [0.3, 0.4) is 0 Å². The molecule has 0 unspecified atom stereocenters. The Hall–Kier alpha value is -4.26. The second-order valence-electron chi connectivity index (χ2n) is 6.98. The van der Waals surface area contributed by atoms with Crippen LogP contribution in [0.15, 0.2) is 72.8 Å². The largest absolute Gasteiger partial charge is 0.495 e. The normalized spacial score (nSPS) is 10.6. The molecule has 7 heteroatoms. The summed E-state index contributed by atoms with van der Waals surface area (Å²) in [6, 6.07) is 21.0. The second kappa shape index (κ2) is 8.23. The highest BCUT2D eigenvalue weighted by Crippen LogP contribution is 2.31. The van der Waals surface area contributed by atoms with Gasteiger partial charge in [0.1, 0.15) is 5.75 Å². The van der Waals surface area contributed by atoms with Crippen molar-refractivity contribution in [3.8, 4) is 17.0 Å². The van der Waals surface area contributed by atoms with Crippen LogP contribution in [0.25, 0.3) is 22.2 Å². The standard InChI is InChI=1S/C24H19N3O4/c1-15-7-3-4-8-17(15)21-14-19(18-9-5-6-10-20(18)25-21)24(28)26-22-13-16(27(29)30)11-12-23(22)31-2/h3-14H,1-2H3,(H,26,28). The van der Waals surface area contributed by atoms with Crippen LogP contribution in [-0.2, 0) is 0 Å². The molecule has 0 aliphatic carbocycles. The third-order valence-electron chi connectivity index (χ3n) is 5.02. The number of nitro groups is 1. The third kappa shape index (κ3) is 3.93. The summed E-state index contributed by atoms with van der Waals surface area (Å²) in [5.74, 6) is -0.0799. The molecule has 1 N–H and O–H groups in total. The number of ether oxygens (including phenoxy) is 1. The predicted molar refractivity (Wildman–Crippen MR) is 120 cm³/mol. The Morgan fingerprint density at radius 2 is 1.77 bits per heavy atom. The third-order valence-corrected chi connectivity index (χ3v) is 5.02. The number of carbonyl (C=O) groups excluding carboxylic acids is 1. The molecule has 4 aromatic rings. The number of nitro benzene ring substituents is 1. The number of fused-ring (bicyclic) bond motifs is 1. The van der Waals surface area contributed by atoms with Crippen molar-refractivity contribution < 1.29 is 14.5 Å². The Kier molecular flexibility index (Phi) is 5.32. The van der Waals surface area contributed by atoms with E-state index in [1.165, 1.54) is 25.3 Å². The molecule has 0 saturated heterocycles. The molecule has 1 amide bonds. The van der Waals surface area contributed by atoms with E-state index in [0.717, 1.165) is 11.1 Å². The average molecular weight is 413 g/mol. The number of methoxy groups -OCH3 is 1. The fourth-order valence-corrected chi connectivity index (χ4v) is 3.46. The lowest BCUT2D eigenvalue weighted by atomic mass is 10.0. The molecule has 3 aromatic carbocycles. The highest BCUT2D eigenvalue weighted by molar-refractivity contribution is 6.13. The van der Waals surface area contributed by atoms with Gasteiger partial charge in [-0.15, -0.1) is 0 Å². The van der Waals surface area contributed by atoms with Gasteiger partial charge in [0.25, 0.3) is 11.6 Å². The molecule has 4 rings (SSSR count). The minimum absolute atomic E-state index is 0.142. The van der Waals surface area contributed by atoms with Gasteiger partial charge in [0, 0.05) is 23.1 Å². The number of hydrogen-bond donors (Lipinski definition) is 1. The number of anilines is 1. The van der Waals surface area contributed by atoms with Gasteiger partial charge in [0.2, 0.25) is 0 Å². The second-order valence-corrected chi connectivity index (χ2v) is 6.98. The SMILES string of the molecule is COc1ccc([N+](=O)[O-])cc1NC(=O)c1cc(-c2ccccc2C)nc2ccccc12. The first-order chi connectivity index (χ1) is 15.0. The Morgan fingerprint density at radius 1 is 1.03 bits per heavy atom. The fourth-order valence-electron chi connectivity index (χ4n) is 3.46. The summed E-state index contributed by atoms with van der Waals surface area (Å²) in [6.45, 7) is 1.99. The van der Waals surface area contributed by atoms with Crippen molar-refractivity contribution in [2.75, 3.05) is 12.4 Å². The number of aryl methyl sites for hydroxylation is 1. The van der Waals surface area contributed by atoms with Crippen LogP contribution in [0.5, 0.6) is 5.75 Å². The van der Waals surface area contributed by atoms with Gasteiger partial charge in [0.15, 0.2) is 0 Å². The summed E-state index contributed by atoms with van der Waals surface area (Å²) >= 11 is 0. The van der Waals surface area contributed by atoms with Crippen molar-refractivity contribution in [1.82, 2.24) is 4.98 Å².